The van der Waals surface area contributed by atoms with Gasteiger partial charge in [0.05, 0.1) is 0 Å². The third kappa shape index (κ3) is 6.20. The molecule has 1 unspecified atom stereocenters. The number of hydrogen-bond donors (Lipinski definition) is 1. The summed E-state index contributed by atoms with van der Waals surface area (Å²) in [5.74, 6) is 1.62. The van der Waals surface area contributed by atoms with E-state index in [4.69, 9.17) is 0 Å². The van der Waals surface area contributed by atoms with Crippen molar-refractivity contribution in [2.45, 2.75) is 26.3 Å². The lowest BCUT2D eigenvalue weighted by molar-refractivity contribution is -0.274. The highest BCUT2D eigenvalue weighted by Gasteiger charge is 2.31. The number of ether oxygens (including phenoxy) is 1. The Bertz CT molecular complexity index is 384. The van der Waals surface area contributed by atoms with Crippen LogP contribution in [0, 0.1) is 0 Å². The van der Waals surface area contributed by atoms with Crippen molar-refractivity contribution < 1.29 is 17.9 Å². The molecule has 0 aliphatic heterocycles. The molecule has 0 aromatic heterocycles. The zero-order chi connectivity index (χ0) is 14.3. The monoisotopic (exact) mass is 293 g/mol. The largest absolute Gasteiger partial charge is 0.573 e. The van der Waals surface area contributed by atoms with E-state index < -0.39 is 6.36 Å². The lowest BCUT2D eigenvalue weighted by Crippen LogP contribution is -2.23. The minimum absolute atomic E-state index is 0.0340. The molecule has 0 bridgehead atoms. The molecule has 2 nitrogen and oxygen atoms in total. The molecule has 1 aromatic carbocycles. The van der Waals surface area contributed by atoms with E-state index in [2.05, 4.69) is 17.0 Å². The summed E-state index contributed by atoms with van der Waals surface area (Å²) in [7, 11) is 0. The second kappa shape index (κ2) is 7.65. The smallest absolute Gasteiger partial charge is 0.406 e. The van der Waals surface area contributed by atoms with Gasteiger partial charge >= 0.3 is 6.36 Å². The fourth-order valence-corrected chi connectivity index (χ4v) is 2.47. The number of halogens is 3. The lowest BCUT2D eigenvalue weighted by atomic mass is 10.1. The van der Waals surface area contributed by atoms with Crippen LogP contribution in [0.3, 0.4) is 0 Å². The molecule has 6 heteroatoms. The molecule has 0 heterocycles. The Hall–Kier alpha value is -0.880. The molecule has 1 aromatic rings. The molecule has 0 aliphatic rings. The lowest BCUT2D eigenvalue weighted by Gasteiger charge is -2.19. The van der Waals surface area contributed by atoms with Gasteiger partial charge in [-0.1, -0.05) is 26.0 Å². The molecule has 0 radical (unpaired) electrons. The van der Waals surface area contributed by atoms with Crippen molar-refractivity contribution in [2.24, 2.45) is 0 Å². The summed E-state index contributed by atoms with van der Waals surface area (Å²) in [5, 5.41) is 3.27. The van der Waals surface area contributed by atoms with Crippen LogP contribution in [-0.4, -0.2) is 24.4 Å². The Morgan fingerprint density at radius 3 is 2.63 bits per heavy atom. The molecular formula is C13H18F3NOS. The van der Waals surface area contributed by atoms with Gasteiger partial charge < -0.3 is 10.1 Å². The van der Waals surface area contributed by atoms with E-state index in [1.54, 1.807) is 17.8 Å². The molecule has 19 heavy (non-hydrogen) atoms. The van der Waals surface area contributed by atoms with E-state index in [1.165, 1.54) is 12.1 Å². The first-order valence-corrected chi connectivity index (χ1v) is 7.28. The van der Waals surface area contributed by atoms with E-state index in [-0.39, 0.29) is 11.8 Å². The summed E-state index contributed by atoms with van der Waals surface area (Å²) >= 11 is 1.74. The van der Waals surface area contributed by atoms with E-state index in [1.807, 2.05) is 13.0 Å². The first-order valence-electron chi connectivity index (χ1n) is 6.13. The highest BCUT2D eigenvalue weighted by atomic mass is 32.2. The molecule has 0 saturated heterocycles. The summed E-state index contributed by atoms with van der Waals surface area (Å²) in [6.07, 6.45) is -4.65. The maximum atomic E-state index is 12.2. The van der Waals surface area contributed by atoms with Crippen LogP contribution in [0.4, 0.5) is 13.2 Å². The Labute approximate surface area is 115 Å². The number of thioether (sulfide) groups is 1. The summed E-state index contributed by atoms with van der Waals surface area (Å²) in [6.45, 7) is 4.79. The van der Waals surface area contributed by atoms with Crippen LogP contribution >= 0.6 is 11.8 Å². The first-order chi connectivity index (χ1) is 8.96. The third-order valence-corrected chi connectivity index (χ3v) is 3.41. The fraction of sp³-hybridized carbons (Fsp3) is 0.538. The minimum Gasteiger partial charge on any atom is -0.406 e. The van der Waals surface area contributed by atoms with Gasteiger partial charge in [-0.15, -0.1) is 13.2 Å². The topological polar surface area (TPSA) is 21.3 Å². The van der Waals surface area contributed by atoms with E-state index in [0.29, 0.717) is 0 Å². The molecule has 1 rings (SSSR count). The van der Waals surface area contributed by atoms with E-state index in [9.17, 15) is 13.2 Å². The predicted molar refractivity (Wildman–Crippen MR) is 72.5 cm³/mol. The van der Waals surface area contributed by atoms with Crippen molar-refractivity contribution in [1.82, 2.24) is 5.32 Å². The molecule has 1 N–H and O–H groups in total. The molecule has 0 amide bonds. The van der Waals surface area contributed by atoms with Crippen LogP contribution in [0.2, 0.25) is 0 Å². The van der Waals surface area contributed by atoms with Crippen LogP contribution in [0.15, 0.2) is 24.3 Å². The molecule has 1 atom stereocenters. The molecule has 0 saturated carbocycles. The summed E-state index contributed by atoms with van der Waals surface area (Å²) in [4.78, 5) is 0. The van der Waals surface area contributed by atoms with Crippen molar-refractivity contribution in [2.75, 3.05) is 18.1 Å². The van der Waals surface area contributed by atoms with Gasteiger partial charge in [-0.05, 0) is 30.0 Å². The Morgan fingerprint density at radius 2 is 2.05 bits per heavy atom. The molecule has 0 aliphatic carbocycles. The van der Waals surface area contributed by atoms with E-state index >= 15 is 0 Å². The highest BCUT2D eigenvalue weighted by molar-refractivity contribution is 7.99. The normalized spacial score (nSPS) is 13.3. The average molecular weight is 293 g/mol. The van der Waals surface area contributed by atoms with Crippen molar-refractivity contribution in [3.63, 3.8) is 0 Å². The second-order valence-electron chi connectivity index (χ2n) is 3.89. The van der Waals surface area contributed by atoms with Crippen molar-refractivity contribution in [3.8, 4) is 5.75 Å². The van der Waals surface area contributed by atoms with Gasteiger partial charge in [-0.2, -0.15) is 11.8 Å². The predicted octanol–water partition coefficient (Wildman–Crippen LogP) is 3.99. The van der Waals surface area contributed by atoms with Crippen molar-refractivity contribution in [1.29, 1.82) is 0 Å². The van der Waals surface area contributed by atoms with Gasteiger partial charge in [0, 0.05) is 11.8 Å². The fourth-order valence-electron chi connectivity index (χ4n) is 1.68. The van der Waals surface area contributed by atoms with Gasteiger partial charge in [-0.3, -0.25) is 0 Å². The number of hydrogen-bond acceptors (Lipinski definition) is 3. The number of benzene rings is 1. The van der Waals surface area contributed by atoms with Crippen LogP contribution in [0.1, 0.15) is 25.5 Å². The number of rotatable bonds is 7. The zero-order valence-electron chi connectivity index (χ0n) is 11.0. The number of nitrogens with one attached hydrogen (secondary N) is 1. The quantitative estimate of drug-likeness (QED) is 0.821. The Kier molecular flexibility index (Phi) is 6.51. The van der Waals surface area contributed by atoms with Gasteiger partial charge in [0.25, 0.3) is 0 Å². The summed E-state index contributed by atoms with van der Waals surface area (Å²) in [5.41, 5.74) is 0.810. The van der Waals surface area contributed by atoms with Crippen LogP contribution in [0.25, 0.3) is 0 Å². The van der Waals surface area contributed by atoms with Crippen LogP contribution in [-0.2, 0) is 0 Å². The standard InChI is InChI=1S/C13H18F3NOS/c1-3-17-12(9-19-4-2)10-6-5-7-11(8-10)18-13(14,15)16/h5-8,12,17H,3-4,9H2,1-2H3. The van der Waals surface area contributed by atoms with Crippen molar-refractivity contribution in [3.05, 3.63) is 29.8 Å². The van der Waals surface area contributed by atoms with Gasteiger partial charge in [-0.25, -0.2) is 0 Å². The van der Waals surface area contributed by atoms with Crippen molar-refractivity contribution >= 4 is 11.8 Å². The number of alkyl halides is 3. The Balaban J connectivity index is 2.81. The summed E-state index contributed by atoms with van der Waals surface area (Å²) < 4.78 is 40.5. The zero-order valence-corrected chi connectivity index (χ0v) is 11.8. The van der Waals surface area contributed by atoms with Crippen LogP contribution in [0.5, 0.6) is 5.75 Å². The Morgan fingerprint density at radius 1 is 1.32 bits per heavy atom. The second-order valence-corrected chi connectivity index (χ2v) is 5.21. The van der Waals surface area contributed by atoms with Gasteiger partial charge in [0.15, 0.2) is 0 Å². The molecule has 0 fully saturated rings. The van der Waals surface area contributed by atoms with Crippen LogP contribution < -0.4 is 10.1 Å². The maximum absolute atomic E-state index is 12.2. The van der Waals surface area contributed by atoms with E-state index in [0.717, 1.165) is 23.6 Å². The highest BCUT2D eigenvalue weighted by Crippen LogP contribution is 2.26. The van der Waals surface area contributed by atoms with Gasteiger partial charge in [0.1, 0.15) is 5.75 Å². The first kappa shape index (κ1) is 16.2. The maximum Gasteiger partial charge on any atom is 0.573 e. The molecule has 0 spiro atoms. The molecule has 108 valence electrons. The summed E-state index contributed by atoms with van der Waals surface area (Å²) in [6, 6.07) is 6.18. The average Bonchev–Trinajstić information content (AvgIpc) is 2.32. The SMILES string of the molecule is CCNC(CSCC)c1cccc(OC(F)(F)F)c1. The molecular weight excluding hydrogens is 275 g/mol. The minimum atomic E-state index is -4.65. The van der Waals surface area contributed by atoms with Gasteiger partial charge in [0.2, 0.25) is 0 Å². The third-order valence-electron chi connectivity index (χ3n) is 2.43.